The van der Waals surface area contributed by atoms with Crippen LogP contribution in [0.4, 0.5) is 11.4 Å². The maximum absolute atomic E-state index is 12.7. The fourth-order valence-electron chi connectivity index (χ4n) is 3.34. The Bertz CT molecular complexity index is 832. The van der Waals surface area contributed by atoms with Gasteiger partial charge in [0.25, 0.3) is 0 Å². The average Bonchev–Trinajstić information content (AvgIpc) is 3.04. The highest BCUT2D eigenvalue weighted by Gasteiger charge is 2.36. The Balaban J connectivity index is 1.75. The summed E-state index contributed by atoms with van der Waals surface area (Å²) in [5, 5.41) is 2.99. The summed E-state index contributed by atoms with van der Waals surface area (Å²) in [4.78, 5) is 27.0. The van der Waals surface area contributed by atoms with Gasteiger partial charge in [0.15, 0.2) is 0 Å². The van der Waals surface area contributed by atoms with Crippen LogP contribution in [0.1, 0.15) is 32.8 Å². The summed E-state index contributed by atoms with van der Waals surface area (Å²) >= 11 is 0. The summed E-state index contributed by atoms with van der Waals surface area (Å²) in [6.07, 6.45) is 1.05. The van der Waals surface area contributed by atoms with Crippen molar-refractivity contribution < 1.29 is 14.3 Å². The standard InChI is InChI=1S/C22H26N2O3/c1-4-16-9-5-6-10-18(16)23-22(26)17-13-21(25)24(14-17)19-11-7-8-12-20(19)27-15(2)3/h5-12,15,17H,4,13-14H2,1-3H3,(H,23,26). The van der Waals surface area contributed by atoms with Crippen LogP contribution in [0.5, 0.6) is 5.75 Å². The van der Waals surface area contributed by atoms with E-state index in [-0.39, 0.29) is 30.3 Å². The Morgan fingerprint density at radius 1 is 1.19 bits per heavy atom. The Morgan fingerprint density at radius 2 is 1.89 bits per heavy atom. The first kappa shape index (κ1) is 19.0. The smallest absolute Gasteiger partial charge is 0.229 e. The first-order valence-electron chi connectivity index (χ1n) is 9.44. The summed E-state index contributed by atoms with van der Waals surface area (Å²) in [5.74, 6) is 0.112. The van der Waals surface area contributed by atoms with Crippen LogP contribution in [0.2, 0.25) is 0 Å². The lowest BCUT2D eigenvalue weighted by molar-refractivity contribution is -0.122. The minimum Gasteiger partial charge on any atom is -0.489 e. The lowest BCUT2D eigenvalue weighted by Crippen LogP contribution is -2.28. The van der Waals surface area contributed by atoms with E-state index in [1.54, 1.807) is 4.90 Å². The van der Waals surface area contributed by atoms with Crippen LogP contribution >= 0.6 is 0 Å². The number of hydrogen-bond donors (Lipinski definition) is 1. The van der Waals surface area contributed by atoms with Crippen LogP contribution in [0.3, 0.4) is 0 Å². The number of para-hydroxylation sites is 3. The van der Waals surface area contributed by atoms with Gasteiger partial charge in [-0.2, -0.15) is 0 Å². The molecule has 0 radical (unpaired) electrons. The third-order valence-electron chi connectivity index (χ3n) is 4.67. The monoisotopic (exact) mass is 366 g/mol. The second-order valence-electron chi connectivity index (χ2n) is 7.04. The molecule has 1 aliphatic heterocycles. The van der Waals surface area contributed by atoms with E-state index in [1.165, 1.54) is 0 Å². The quantitative estimate of drug-likeness (QED) is 0.840. The molecule has 1 fully saturated rings. The van der Waals surface area contributed by atoms with Crippen LogP contribution in [-0.2, 0) is 16.0 Å². The van der Waals surface area contributed by atoms with E-state index in [1.807, 2.05) is 62.4 Å². The summed E-state index contributed by atoms with van der Waals surface area (Å²) < 4.78 is 5.83. The number of nitrogens with zero attached hydrogens (tertiary/aromatic N) is 1. The van der Waals surface area contributed by atoms with Crippen molar-refractivity contribution in [2.75, 3.05) is 16.8 Å². The highest BCUT2D eigenvalue weighted by Crippen LogP contribution is 2.34. The highest BCUT2D eigenvalue weighted by molar-refractivity contribution is 6.04. The van der Waals surface area contributed by atoms with Gasteiger partial charge in [0, 0.05) is 18.7 Å². The molecule has 2 amide bonds. The molecule has 27 heavy (non-hydrogen) atoms. The summed E-state index contributed by atoms with van der Waals surface area (Å²) in [7, 11) is 0. The molecule has 2 aromatic rings. The number of nitrogens with one attached hydrogen (secondary N) is 1. The number of amides is 2. The topological polar surface area (TPSA) is 58.6 Å². The van der Waals surface area contributed by atoms with E-state index in [0.29, 0.717) is 12.3 Å². The molecule has 0 bridgehead atoms. The number of ether oxygens (including phenoxy) is 1. The molecule has 3 rings (SSSR count). The average molecular weight is 366 g/mol. The van der Waals surface area contributed by atoms with E-state index in [0.717, 1.165) is 23.4 Å². The third kappa shape index (κ3) is 4.30. The van der Waals surface area contributed by atoms with Crippen molar-refractivity contribution in [3.63, 3.8) is 0 Å². The number of rotatable bonds is 6. The van der Waals surface area contributed by atoms with Gasteiger partial charge in [-0.1, -0.05) is 37.3 Å². The van der Waals surface area contributed by atoms with Crippen molar-refractivity contribution >= 4 is 23.2 Å². The molecule has 1 heterocycles. The molecule has 1 N–H and O–H groups in total. The number of anilines is 2. The Hall–Kier alpha value is -2.82. The van der Waals surface area contributed by atoms with Crippen LogP contribution in [0.15, 0.2) is 48.5 Å². The van der Waals surface area contributed by atoms with Gasteiger partial charge in [-0.3, -0.25) is 9.59 Å². The molecule has 1 unspecified atom stereocenters. The molecule has 142 valence electrons. The number of carbonyl (C=O) groups is 2. The fourth-order valence-corrected chi connectivity index (χ4v) is 3.34. The molecule has 0 spiro atoms. The van der Waals surface area contributed by atoms with Crippen LogP contribution in [0.25, 0.3) is 0 Å². The van der Waals surface area contributed by atoms with Gasteiger partial charge >= 0.3 is 0 Å². The second-order valence-corrected chi connectivity index (χ2v) is 7.04. The van der Waals surface area contributed by atoms with E-state index in [4.69, 9.17) is 4.74 Å². The predicted octanol–water partition coefficient (Wildman–Crippen LogP) is 4.03. The first-order valence-corrected chi connectivity index (χ1v) is 9.44. The number of carbonyl (C=O) groups excluding carboxylic acids is 2. The molecular formula is C22H26N2O3. The molecule has 5 heteroatoms. The molecular weight excluding hydrogens is 340 g/mol. The Labute approximate surface area is 160 Å². The van der Waals surface area contributed by atoms with E-state index in [9.17, 15) is 9.59 Å². The Morgan fingerprint density at radius 3 is 2.63 bits per heavy atom. The van der Waals surface area contributed by atoms with Gasteiger partial charge in [-0.15, -0.1) is 0 Å². The maximum Gasteiger partial charge on any atom is 0.229 e. The van der Waals surface area contributed by atoms with Gasteiger partial charge in [0.1, 0.15) is 5.75 Å². The largest absolute Gasteiger partial charge is 0.489 e. The van der Waals surface area contributed by atoms with Crippen molar-refractivity contribution in [3.05, 3.63) is 54.1 Å². The van der Waals surface area contributed by atoms with E-state index >= 15 is 0 Å². The zero-order valence-electron chi connectivity index (χ0n) is 16.1. The van der Waals surface area contributed by atoms with Crippen molar-refractivity contribution in [1.82, 2.24) is 0 Å². The summed E-state index contributed by atoms with van der Waals surface area (Å²) in [6, 6.07) is 15.2. The molecule has 0 saturated carbocycles. The fraction of sp³-hybridized carbons (Fsp3) is 0.364. The van der Waals surface area contributed by atoms with Crippen molar-refractivity contribution in [2.24, 2.45) is 5.92 Å². The van der Waals surface area contributed by atoms with Crippen molar-refractivity contribution in [1.29, 1.82) is 0 Å². The van der Waals surface area contributed by atoms with Crippen molar-refractivity contribution in [3.8, 4) is 5.75 Å². The normalized spacial score (nSPS) is 16.7. The van der Waals surface area contributed by atoms with Gasteiger partial charge in [-0.25, -0.2) is 0 Å². The zero-order valence-corrected chi connectivity index (χ0v) is 16.1. The van der Waals surface area contributed by atoms with Gasteiger partial charge in [-0.05, 0) is 44.0 Å². The van der Waals surface area contributed by atoms with Crippen LogP contribution < -0.4 is 15.0 Å². The van der Waals surface area contributed by atoms with E-state index in [2.05, 4.69) is 12.2 Å². The molecule has 5 nitrogen and oxygen atoms in total. The highest BCUT2D eigenvalue weighted by atomic mass is 16.5. The first-order chi connectivity index (χ1) is 13.0. The van der Waals surface area contributed by atoms with Crippen LogP contribution in [0, 0.1) is 5.92 Å². The molecule has 1 atom stereocenters. The SMILES string of the molecule is CCc1ccccc1NC(=O)C1CC(=O)N(c2ccccc2OC(C)C)C1. The summed E-state index contributed by atoms with van der Waals surface area (Å²) in [5.41, 5.74) is 2.63. The number of hydrogen-bond acceptors (Lipinski definition) is 3. The van der Waals surface area contributed by atoms with Gasteiger partial charge < -0.3 is 15.0 Å². The third-order valence-corrected chi connectivity index (χ3v) is 4.67. The van der Waals surface area contributed by atoms with Crippen molar-refractivity contribution in [2.45, 2.75) is 39.7 Å². The lowest BCUT2D eigenvalue weighted by Gasteiger charge is -2.21. The van der Waals surface area contributed by atoms with E-state index < -0.39 is 0 Å². The maximum atomic E-state index is 12.7. The number of aryl methyl sites for hydroxylation is 1. The number of benzene rings is 2. The molecule has 0 aromatic heterocycles. The zero-order chi connectivity index (χ0) is 19.4. The van der Waals surface area contributed by atoms with Gasteiger partial charge in [0.2, 0.25) is 11.8 Å². The minimum absolute atomic E-state index is 0.00787. The lowest BCUT2D eigenvalue weighted by atomic mass is 10.1. The molecule has 0 aliphatic carbocycles. The Kier molecular flexibility index (Phi) is 5.79. The molecule has 1 saturated heterocycles. The molecule has 1 aliphatic rings. The second kappa shape index (κ2) is 8.25. The minimum atomic E-state index is -0.380. The molecule has 2 aromatic carbocycles. The predicted molar refractivity (Wildman–Crippen MR) is 107 cm³/mol. The van der Waals surface area contributed by atoms with Gasteiger partial charge in [0.05, 0.1) is 17.7 Å². The van der Waals surface area contributed by atoms with Crippen LogP contribution in [-0.4, -0.2) is 24.5 Å². The summed E-state index contributed by atoms with van der Waals surface area (Å²) in [6.45, 7) is 6.31.